The van der Waals surface area contributed by atoms with Crippen LogP contribution < -0.4 is 26.5 Å². The number of anilines is 2. The molecular weight excluding hydrogens is 497 g/mol. The van der Waals surface area contributed by atoms with Crippen LogP contribution in [0.2, 0.25) is 0 Å². The quantitative estimate of drug-likeness (QED) is 0.410. The number of fused-ring (bicyclic) bond motifs is 1. The van der Waals surface area contributed by atoms with Gasteiger partial charge >= 0.3 is 17.8 Å². The van der Waals surface area contributed by atoms with E-state index in [0.29, 0.717) is 35.8 Å². The Labute approximate surface area is 208 Å². The van der Waals surface area contributed by atoms with Gasteiger partial charge in [0.2, 0.25) is 0 Å². The van der Waals surface area contributed by atoms with Crippen molar-refractivity contribution in [3.8, 4) is 0 Å². The highest BCUT2D eigenvalue weighted by Crippen LogP contribution is 2.38. The minimum atomic E-state index is -5.32. The lowest BCUT2D eigenvalue weighted by Crippen LogP contribution is -2.61. The van der Waals surface area contributed by atoms with Gasteiger partial charge in [0.1, 0.15) is 0 Å². The lowest BCUT2D eigenvalue weighted by molar-refractivity contribution is -0.203. The minimum Gasteiger partial charge on any atom is -0.327 e. The van der Waals surface area contributed by atoms with Crippen molar-refractivity contribution in [2.75, 3.05) is 42.7 Å². The zero-order valence-electron chi connectivity index (χ0n) is 19.9. The van der Waals surface area contributed by atoms with Crippen LogP contribution in [0.5, 0.6) is 0 Å². The summed E-state index contributed by atoms with van der Waals surface area (Å²) in [5, 5.41) is 3.76. The van der Waals surface area contributed by atoms with Crippen molar-refractivity contribution in [1.29, 1.82) is 0 Å². The molecule has 37 heavy (non-hydrogen) atoms. The maximum Gasteiger partial charge on any atom is 0.493 e. The number of hydroxylamine groups is 1. The summed E-state index contributed by atoms with van der Waals surface area (Å²) in [7, 11) is 1.23. The molecule has 1 fully saturated rings. The van der Waals surface area contributed by atoms with Gasteiger partial charge in [-0.2, -0.15) is 13.2 Å². The van der Waals surface area contributed by atoms with Crippen LogP contribution in [-0.2, 0) is 23.2 Å². The molecule has 1 saturated heterocycles. The van der Waals surface area contributed by atoms with Crippen molar-refractivity contribution in [3.05, 3.63) is 69.4 Å². The molecule has 1 N–H and O–H groups in total. The summed E-state index contributed by atoms with van der Waals surface area (Å²) < 4.78 is 41.2. The average molecular weight is 522 g/mol. The van der Waals surface area contributed by atoms with E-state index >= 15 is 0 Å². The molecule has 14 heteroatoms. The molecule has 198 valence electrons. The predicted octanol–water partition coefficient (Wildman–Crippen LogP) is 0.452. The number of piperazine rings is 1. The second-order valence-electron chi connectivity index (χ2n) is 8.47. The third-order valence-corrected chi connectivity index (χ3v) is 6.09. The maximum absolute atomic E-state index is 13.6. The molecular formula is C23H25F3N6O5. The van der Waals surface area contributed by atoms with E-state index in [1.165, 1.54) is 30.2 Å². The molecule has 0 radical (unpaired) electrons. The minimum absolute atomic E-state index is 0.0261. The Bertz CT molecular complexity index is 1320. The fraction of sp³-hybridized carbons (Fsp3) is 0.391. The Morgan fingerprint density at radius 3 is 2.41 bits per heavy atom. The van der Waals surface area contributed by atoms with Crippen molar-refractivity contribution < 1.29 is 27.6 Å². The number of nitrogens with zero attached hydrogens (tertiary/aromatic N) is 5. The molecule has 1 aromatic carbocycles. The van der Waals surface area contributed by atoms with Gasteiger partial charge < -0.3 is 15.1 Å². The number of alkyl halides is 3. The van der Waals surface area contributed by atoms with E-state index < -0.39 is 42.0 Å². The lowest BCUT2D eigenvalue weighted by Gasteiger charge is -2.40. The fourth-order valence-electron chi connectivity index (χ4n) is 4.41. The Morgan fingerprint density at radius 1 is 1.16 bits per heavy atom. The smallest absolute Gasteiger partial charge is 0.327 e. The first kappa shape index (κ1) is 26.2. The number of Topliss-reactive ketones (excluding diaryl/α,β-unsaturated/α-hetero) is 1. The van der Waals surface area contributed by atoms with Crippen LogP contribution in [0.3, 0.4) is 0 Å². The molecule has 1 aromatic heterocycles. The topological polar surface area (TPSA) is 109 Å². The number of aromatic nitrogens is 2. The van der Waals surface area contributed by atoms with Gasteiger partial charge in [-0.3, -0.25) is 23.6 Å². The normalized spacial score (nSPS) is 18.0. The summed E-state index contributed by atoms with van der Waals surface area (Å²) in [6.07, 6.45) is -5.06. The predicted molar refractivity (Wildman–Crippen MR) is 127 cm³/mol. The van der Waals surface area contributed by atoms with Gasteiger partial charge in [-0.05, 0) is 0 Å². The molecule has 11 nitrogen and oxygen atoms in total. The SMILES string of the molecule is C=CCN1c2c(n(C)c(=O)n(CC(=O)c3ccccc3)c2=O)N(OC(=O)C(F)(F)F)C1N1CCNCC1. The molecule has 2 aliphatic rings. The number of halogens is 3. The van der Waals surface area contributed by atoms with Crippen LogP contribution in [0.15, 0.2) is 52.6 Å². The van der Waals surface area contributed by atoms with Gasteiger partial charge in [-0.25, -0.2) is 9.59 Å². The first-order chi connectivity index (χ1) is 17.6. The first-order valence-electron chi connectivity index (χ1n) is 11.4. The molecule has 3 heterocycles. The largest absolute Gasteiger partial charge is 0.493 e. The molecule has 0 bridgehead atoms. The van der Waals surface area contributed by atoms with Crippen molar-refractivity contribution in [2.45, 2.75) is 19.0 Å². The van der Waals surface area contributed by atoms with E-state index in [4.69, 9.17) is 4.84 Å². The number of rotatable bonds is 7. The van der Waals surface area contributed by atoms with Gasteiger partial charge in [0.15, 0.2) is 23.6 Å². The number of nitrogens with one attached hydrogen (secondary N) is 1. The van der Waals surface area contributed by atoms with E-state index in [1.807, 2.05) is 0 Å². The van der Waals surface area contributed by atoms with Crippen molar-refractivity contribution in [2.24, 2.45) is 7.05 Å². The van der Waals surface area contributed by atoms with Gasteiger partial charge in [0.25, 0.3) is 5.56 Å². The van der Waals surface area contributed by atoms with E-state index in [9.17, 15) is 32.3 Å². The number of hydrogen-bond donors (Lipinski definition) is 1. The van der Waals surface area contributed by atoms with E-state index in [0.717, 1.165) is 4.57 Å². The van der Waals surface area contributed by atoms with Crippen molar-refractivity contribution in [3.63, 3.8) is 0 Å². The Morgan fingerprint density at radius 2 is 1.81 bits per heavy atom. The zero-order chi connectivity index (χ0) is 26.9. The summed E-state index contributed by atoms with van der Waals surface area (Å²) in [4.78, 5) is 59.5. The number of hydrogen-bond acceptors (Lipinski definition) is 9. The standard InChI is InChI=1S/C23H25F3N6O5/c1-3-11-30-17-18(32(37-20(35)23(24,25)26)21(30)29-12-9-27-10-13-29)28(2)22(36)31(19(17)34)14-16(33)15-7-5-4-6-8-15/h3-8,21,27H,1,9-14H2,2H3. The van der Waals surface area contributed by atoms with E-state index in [1.54, 1.807) is 23.1 Å². The van der Waals surface area contributed by atoms with Crippen LogP contribution in [0, 0.1) is 0 Å². The Kier molecular flexibility index (Phi) is 7.23. The van der Waals surface area contributed by atoms with Crippen LogP contribution in [-0.4, -0.2) is 71.0 Å². The zero-order valence-corrected chi connectivity index (χ0v) is 19.9. The summed E-state index contributed by atoms with van der Waals surface area (Å²) in [6, 6.07) is 8.04. The van der Waals surface area contributed by atoms with Gasteiger partial charge in [-0.15, -0.1) is 11.6 Å². The van der Waals surface area contributed by atoms with Gasteiger partial charge in [0.05, 0.1) is 6.54 Å². The summed E-state index contributed by atoms with van der Waals surface area (Å²) in [5.74, 6) is -3.34. The van der Waals surface area contributed by atoms with Crippen LogP contribution in [0.4, 0.5) is 24.7 Å². The molecule has 2 aromatic rings. The maximum atomic E-state index is 13.6. The van der Waals surface area contributed by atoms with Crippen molar-refractivity contribution >= 4 is 23.3 Å². The highest BCUT2D eigenvalue weighted by atomic mass is 19.4. The summed E-state index contributed by atoms with van der Waals surface area (Å²) in [5.41, 5.74) is -1.78. The number of ketones is 1. The third kappa shape index (κ3) is 4.89. The second kappa shape index (κ2) is 10.2. The van der Waals surface area contributed by atoms with E-state index in [2.05, 4.69) is 11.9 Å². The molecule has 0 aliphatic carbocycles. The number of carbonyl (C=O) groups is 2. The Hall–Kier alpha value is -3.91. The molecule has 0 amide bonds. The van der Waals surface area contributed by atoms with Gasteiger partial charge in [0, 0.05) is 45.3 Å². The number of benzene rings is 1. The molecule has 2 aliphatic heterocycles. The third-order valence-electron chi connectivity index (χ3n) is 6.09. The number of carbonyl (C=O) groups excluding carboxylic acids is 2. The monoisotopic (exact) mass is 522 g/mol. The summed E-state index contributed by atoms with van der Waals surface area (Å²) >= 11 is 0. The van der Waals surface area contributed by atoms with Crippen LogP contribution >= 0.6 is 0 Å². The molecule has 4 rings (SSSR count). The molecule has 0 saturated carbocycles. The van der Waals surface area contributed by atoms with Gasteiger partial charge in [-0.1, -0.05) is 36.4 Å². The highest BCUT2D eigenvalue weighted by molar-refractivity contribution is 5.95. The van der Waals surface area contributed by atoms with E-state index in [-0.39, 0.29) is 23.6 Å². The highest BCUT2D eigenvalue weighted by Gasteiger charge is 2.50. The fourth-order valence-corrected chi connectivity index (χ4v) is 4.41. The molecule has 1 atom stereocenters. The summed E-state index contributed by atoms with van der Waals surface area (Å²) in [6.45, 7) is 4.73. The Balaban J connectivity index is 1.87. The lowest BCUT2D eigenvalue weighted by atomic mass is 10.1. The molecule has 0 spiro atoms. The second-order valence-corrected chi connectivity index (χ2v) is 8.47. The first-order valence-corrected chi connectivity index (χ1v) is 11.4. The van der Waals surface area contributed by atoms with Crippen LogP contribution in [0.25, 0.3) is 0 Å². The van der Waals surface area contributed by atoms with Crippen LogP contribution in [0.1, 0.15) is 10.4 Å². The van der Waals surface area contributed by atoms with Crippen molar-refractivity contribution in [1.82, 2.24) is 19.4 Å². The average Bonchev–Trinajstić information content (AvgIpc) is 3.19. The molecule has 1 unspecified atom stereocenters.